The zero-order valence-electron chi connectivity index (χ0n) is 36.7. The molecule has 15 nitrogen and oxygen atoms in total. The second-order valence-corrected chi connectivity index (χ2v) is 18.7. The predicted molar refractivity (Wildman–Crippen MR) is 237 cm³/mol. The third-order valence-electron chi connectivity index (χ3n) is 14.5. The molecule has 0 bridgehead atoms. The van der Waals surface area contributed by atoms with Gasteiger partial charge in [-0.25, -0.2) is 13.8 Å². The van der Waals surface area contributed by atoms with Crippen LogP contribution in [0, 0.1) is 17.0 Å². The summed E-state index contributed by atoms with van der Waals surface area (Å²) in [5.74, 6) is -2.43. The number of methoxy groups -OCH3 is 1. The average Bonchev–Trinajstić information content (AvgIpc) is 4.04. The van der Waals surface area contributed by atoms with E-state index in [1.807, 2.05) is 11.8 Å². The number of likely N-dealkylation sites (tertiary alicyclic amines) is 1. The number of likely N-dealkylation sites (N-methyl/N-ethyl adjacent to an activating group) is 1. The number of nitrogens with one attached hydrogen (secondary N) is 3. The van der Waals surface area contributed by atoms with Gasteiger partial charge in [0.1, 0.15) is 29.1 Å². The lowest BCUT2D eigenvalue weighted by atomic mass is 9.76. The summed E-state index contributed by atoms with van der Waals surface area (Å²) >= 11 is 0. The fraction of sp³-hybridized carbons (Fsp3) is 0.532. The van der Waals surface area contributed by atoms with Crippen molar-refractivity contribution in [2.45, 2.75) is 108 Å². The highest BCUT2D eigenvalue weighted by molar-refractivity contribution is 6.04. The van der Waals surface area contributed by atoms with Crippen LogP contribution in [0.1, 0.15) is 106 Å². The summed E-state index contributed by atoms with van der Waals surface area (Å²) in [6.45, 7) is 4.67. The van der Waals surface area contributed by atoms with E-state index in [1.165, 1.54) is 12.1 Å². The molecule has 3 aromatic rings. The summed E-state index contributed by atoms with van der Waals surface area (Å²) in [6, 6.07) is 7.70. The molecule has 6 aliphatic rings. The van der Waals surface area contributed by atoms with Crippen LogP contribution < -0.4 is 35.4 Å². The van der Waals surface area contributed by atoms with Crippen LogP contribution in [0.15, 0.2) is 48.3 Å². The van der Waals surface area contributed by atoms with Gasteiger partial charge in [0.25, 0.3) is 5.91 Å². The van der Waals surface area contributed by atoms with Crippen LogP contribution >= 0.6 is 0 Å². The number of hydrogen-bond acceptors (Lipinski definition) is 12. The highest BCUT2D eigenvalue weighted by Crippen LogP contribution is 2.52. The molecule has 9 rings (SSSR count). The first-order valence-electron chi connectivity index (χ1n) is 22.6. The molecule has 3 saturated heterocycles. The number of fused-ring (bicyclic) bond motifs is 1. The molecule has 5 fully saturated rings. The molecule has 4 aliphatic heterocycles. The third-order valence-corrected chi connectivity index (χ3v) is 14.5. The molecule has 5 heterocycles. The fourth-order valence-corrected chi connectivity index (χ4v) is 11.3. The van der Waals surface area contributed by atoms with Crippen LogP contribution in [0.4, 0.5) is 37.6 Å². The molecule has 17 heteroatoms. The number of aromatic nitrogens is 2. The molecule has 340 valence electrons. The molecule has 4 N–H and O–H groups in total. The smallest absolute Gasteiger partial charge is 0.251 e. The van der Waals surface area contributed by atoms with Crippen molar-refractivity contribution in [3.8, 4) is 5.75 Å². The van der Waals surface area contributed by atoms with Crippen molar-refractivity contribution in [1.82, 2.24) is 25.5 Å². The first-order valence-corrected chi connectivity index (χ1v) is 22.6. The number of aliphatic hydroxyl groups excluding tert-OH is 1. The van der Waals surface area contributed by atoms with Crippen molar-refractivity contribution in [1.29, 1.82) is 0 Å². The van der Waals surface area contributed by atoms with Gasteiger partial charge in [0.2, 0.25) is 23.7 Å². The number of carbonyl (C=O) groups excluding carboxylic acids is 4. The van der Waals surface area contributed by atoms with Gasteiger partial charge < -0.3 is 40.1 Å². The number of anilines is 5. The molecule has 2 aliphatic carbocycles. The van der Waals surface area contributed by atoms with Gasteiger partial charge >= 0.3 is 0 Å². The van der Waals surface area contributed by atoms with Crippen LogP contribution in [-0.4, -0.2) is 108 Å². The van der Waals surface area contributed by atoms with Gasteiger partial charge in [-0.05, 0) is 93.7 Å². The van der Waals surface area contributed by atoms with Gasteiger partial charge in [0.05, 0.1) is 24.9 Å². The average molecular weight is 882 g/mol. The number of rotatable bonds is 12. The maximum absolute atomic E-state index is 15.3. The van der Waals surface area contributed by atoms with Crippen molar-refractivity contribution in [2.24, 2.45) is 5.41 Å². The van der Waals surface area contributed by atoms with E-state index in [1.54, 1.807) is 43.5 Å². The molecule has 3 atom stereocenters. The zero-order chi connectivity index (χ0) is 44.9. The molecule has 4 amide bonds. The van der Waals surface area contributed by atoms with Gasteiger partial charge in [-0.2, -0.15) is 4.98 Å². The Bertz CT molecular complexity index is 2360. The van der Waals surface area contributed by atoms with Crippen molar-refractivity contribution in [2.75, 3.05) is 67.0 Å². The highest BCUT2D eigenvalue weighted by atomic mass is 19.1. The number of benzene rings is 2. The van der Waals surface area contributed by atoms with E-state index in [0.29, 0.717) is 60.3 Å². The summed E-state index contributed by atoms with van der Waals surface area (Å²) in [5, 5.41) is 19.0. The first-order chi connectivity index (χ1) is 30.8. The van der Waals surface area contributed by atoms with Crippen LogP contribution in [0.25, 0.3) is 0 Å². The van der Waals surface area contributed by atoms with Gasteiger partial charge in [-0.15, -0.1) is 0 Å². The van der Waals surface area contributed by atoms with Gasteiger partial charge in [-0.1, -0.05) is 19.8 Å². The molecule has 64 heavy (non-hydrogen) atoms. The number of aliphatic hydroxyl groups is 1. The second-order valence-electron chi connectivity index (χ2n) is 18.7. The second kappa shape index (κ2) is 17.3. The predicted octanol–water partition coefficient (Wildman–Crippen LogP) is 5.66. The number of piperidine rings is 1. The van der Waals surface area contributed by atoms with Crippen LogP contribution in [0.2, 0.25) is 0 Å². The maximum atomic E-state index is 15.3. The van der Waals surface area contributed by atoms with Gasteiger partial charge in [0, 0.05) is 86.3 Å². The lowest BCUT2D eigenvalue weighted by molar-refractivity contribution is -0.134. The number of hydrogen-bond donors (Lipinski definition) is 4. The largest absolute Gasteiger partial charge is 0.495 e. The van der Waals surface area contributed by atoms with E-state index in [-0.39, 0.29) is 54.3 Å². The molecule has 1 aromatic heterocycles. The molecule has 2 saturated carbocycles. The Morgan fingerprint density at radius 1 is 1.06 bits per heavy atom. The Morgan fingerprint density at radius 2 is 1.83 bits per heavy atom. The van der Waals surface area contributed by atoms with Crippen LogP contribution in [0.5, 0.6) is 5.75 Å². The monoisotopic (exact) mass is 881 g/mol. The minimum absolute atomic E-state index is 0.0250. The molecule has 2 aromatic carbocycles. The van der Waals surface area contributed by atoms with Gasteiger partial charge in [-0.3, -0.25) is 24.5 Å². The van der Waals surface area contributed by atoms with E-state index in [9.17, 15) is 24.3 Å². The summed E-state index contributed by atoms with van der Waals surface area (Å²) in [4.78, 5) is 68.7. The number of nitrogens with zero attached hydrogens (tertiary/aromatic N) is 6. The minimum Gasteiger partial charge on any atom is -0.495 e. The van der Waals surface area contributed by atoms with Crippen LogP contribution in [0.3, 0.4) is 0 Å². The topological polar surface area (TPSA) is 173 Å². The molecule has 0 radical (unpaired) electrons. The summed E-state index contributed by atoms with van der Waals surface area (Å²) in [6.07, 6.45) is 12.4. The standard InChI is InChI=1S/C47H57F2N9O6/c1-4-36-44(63)55(2)37-22-50-45(53-41(37)58(36)30-7-5-6-8-30)51-35-11-9-29(19-38(35)64-3)42(61)54-47(16-18-59)15-14-46(25-47)26-56(27-46)23-28-13-17-57(24-28)31-20-33(48)40(34(49)21-31)32-10-12-39(60)52-43(32)62/h9,11,19-23,30,32,36,59H,4-8,10,12-18,24-27H2,1-3H3,(H,54,61)(H,50,51,53)(H,52,60,62)/b28-23-/t32?,36-,47?/m1/s1. The number of ether oxygens (including phenoxy) is 1. The van der Waals surface area contributed by atoms with Crippen molar-refractivity contribution in [3.05, 3.63) is 71.1 Å². The molecular weight excluding hydrogens is 825 g/mol. The molecule has 1 spiro atoms. The van der Waals surface area contributed by atoms with Gasteiger partial charge in [0.15, 0.2) is 5.82 Å². The minimum atomic E-state index is -1.04. The van der Waals surface area contributed by atoms with Crippen molar-refractivity contribution >= 4 is 52.5 Å². The SMILES string of the molecule is CC[C@@H]1C(=O)N(C)c2cnc(Nc3ccc(C(=O)NC4(CCO)CCC5(CN(/C=C6/CCN(c7cc(F)c(C8CCC(=O)NC8=O)c(F)c7)C6)C5)C4)cc3OC)nc2N1C1CCCC1. The number of carbonyl (C=O) groups is 4. The Hall–Kier alpha value is -5.84. The van der Waals surface area contributed by atoms with E-state index in [4.69, 9.17) is 9.72 Å². The Labute approximate surface area is 371 Å². The van der Waals surface area contributed by atoms with E-state index in [0.717, 1.165) is 75.8 Å². The van der Waals surface area contributed by atoms with Crippen molar-refractivity contribution < 1.29 is 37.8 Å². The summed E-state index contributed by atoms with van der Waals surface area (Å²) in [7, 11) is 3.31. The number of amides is 4. The van der Waals surface area contributed by atoms with Crippen molar-refractivity contribution in [3.63, 3.8) is 0 Å². The van der Waals surface area contributed by atoms with E-state index in [2.05, 4.69) is 36.9 Å². The first kappa shape index (κ1) is 43.4. The zero-order valence-corrected chi connectivity index (χ0v) is 36.7. The summed E-state index contributed by atoms with van der Waals surface area (Å²) < 4.78 is 36.3. The Morgan fingerprint density at radius 3 is 2.53 bits per heavy atom. The fourth-order valence-electron chi connectivity index (χ4n) is 11.3. The number of halogens is 2. The van der Waals surface area contributed by atoms with Crippen LogP contribution in [-0.2, 0) is 14.4 Å². The maximum Gasteiger partial charge on any atom is 0.251 e. The molecule has 2 unspecified atom stereocenters. The normalized spacial score (nSPS) is 25.0. The lowest BCUT2D eigenvalue weighted by Gasteiger charge is -2.49. The number of imide groups is 1. The van der Waals surface area contributed by atoms with E-state index >= 15 is 8.78 Å². The molecular formula is C47H57F2N9O6. The lowest BCUT2D eigenvalue weighted by Crippen LogP contribution is -2.55. The third kappa shape index (κ3) is 8.11. The van der Waals surface area contributed by atoms with E-state index < -0.39 is 34.9 Å². The summed E-state index contributed by atoms with van der Waals surface area (Å²) in [5.41, 5.74) is 2.32. The Balaban J connectivity index is 0.829. The quantitative estimate of drug-likeness (QED) is 0.165. The Kier molecular flexibility index (Phi) is 11.7. The highest BCUT2D eigenvalue weighted by Gasteiger charge is 2.54.